The molecule has 0 aromatic heterocycles. The number of nitrogens with zero attached hydrogens (tertiary/aromatic N) is 1. The highest BCUT2D eigenvalue weighted by Crippen LogP contribution is 2.34. The second-order valence-corrected chi connectivity index (χ2v) is 8.19. The van der Waals surface area contributed by atoms with Gasteiger partial charge in [-0.3, -0.25) is 9.10 Å². The molecule has 1 N–H and O–H groups in total. The standard InChI is InChI=1S/C18H18ClF3N2O4S/c1-12(17(25)23-11-18(20,21)22)24(15-5-3-4-6-16(15)28-2)29(26,27)14-9-7-13(19)8-10-14/h3-10,12H,11H2,1-2H3,(H,23,25)/t12-/m0/s1. The molecule has 0 aliphatic heterocycles. The second kappa shape index (κ2) is 8.91. The van der Waals surface area contributed by atoms with Gasteiger partial charge in [-0.05, 0) is 43.3 Å². The SMILES string of the molecule is COc1ccccc1N([C@@H](C)C(=O)NCC(F)(F)F)S(=O)(=O)c1ccc(Cl)cc1. The van der Waals surface area contributed by atoms with Crippen molar-refractivity contribution < 1.29 is 31.1 Å². The third-order valence-electron chi connectivity index (χ3n) is 3.89. The minimum Gasteiger partial charge on any atom is -0.495 e. The van der Waals surface area contributed by atoms with Crippen LogP contribution in [-0.4, -0.2) is 40.2 Å². The van der Waals surface area contributed by atoms with E-state index in [1.807, 2.05) is 0 Å². The fourth-order valence-corrected chi connectivity index (χ4v) is 4.27. The maximum atomic E-state index is 13.3. The van der Waals surface area contributed by atoms with Crippen LogP contribution in [0.15, 0.2) is 53.4 Å². The number of halogens is 4. The van der Waals surface area contributed by atoms with Crippen molar-refractivity contribution in [1.82, 2.24) is 5.32 Å². The van der Waals surface area contributed by atoms with Gasteiger partial charge in [-0.25, -0.2) is 8.42 Å². The van der Waals surface area contributed by atoms with Gasteiger partial charge in [-0.1, -0.05) is 23.7 Å². The molecule has 0 aliphatic carbocycles. The van der Waals surface area contributed by atoms with Crippen molar-refractivity contribution in [2.45, 2.75) is 24.0 Å². The first-order chi connectivity index (χ1) is 13.5. The van der Waals surface area contributed by atoms with Crippen LogP contribution in [0.25, 0.3) is 0 Å². The minimum absolute atomic E-state index is 0.000362. The Morgan fingerprint density at radius 3 is 2.31 bits per heavy atom. The first-order valence-corrected chi connectivity index (χ1v) is 10.1. The normalized spacial score (nSPS) is 12.9. The highest BCUT2D eigenvalue weighted by Gasteiger charge is 2.36. The lowest BCUT2D eigenvalue weighted by molar-refractivity contribution is -0.138. The molecule has 2 aromatic rings. The Bertz CT molecular complexity index is 966. The van der Waals surface area contributed by atoms with E-state index >= 15 is 0 Å². The van der Waals surface area contributed by atoms with Gasteiger partial charge in [-0.15, -0.1) is 0 Å². The van der Waals surface area contributed by atoms with E-state index in [4.69, 9.17) is 16.3 Å². The fourth-order valence-electron chi connectivity index (χ4n) is 2.52. The van der Waals surface area contributed by atoms with Crippen LogP contribution in [0, 0.1) is 0 Å². The van der Waals surface area contributed by atoms with Crippen molar-refractivity contribution in [1.29, 1.82) is 0 Å². The number of anilines is 1. The zero-order valence-electron chi connectivity index (χ0n) is 15.4. The largest absolute Gasteiger partial charge is 0.495 e. The Kier molecular flexibility index (Phi) is 7.02. The number of hydrogen-bond donors (Lipinski definition) is 1. The number of hydrogen-bond acceptors (Lipinski definition) is 4. The van der Waals surface area contributed by atoms with Crippen LogP contribution < -0.4 is 14.4 Å². The summed E-state index contributed by atoms with van der Waals surface area (Å²) in [6, 6.07) is 9.63. The molecule has 0 unspecified atom stereocenters. The molecule has 158 valence electrons. The fraction of sp³-hybridized carbons (Fsp3) is 0.278. The van der Waals surface area contributed by atoms with Gasteiger partial charge in [0, 0.05) is 5.02 Å². The van der Waals surface area contributed by atoms with E-state index in [0.29, 0.717) is 5.02 Å². The molecule has 0 fully saturated rings. The topological polar surface area (TPSA) is 75.7 Å². The van der Waals surface area contributed by atoms with Gasteiger partial charge in [0.2, 0.25) is 5.91 Å². The molecule has 0 saturated heterocycles. The van der Waals surface area contributed by atoms with Gasteiger partial charge in [0.05, 0.1) is 17.7 Å². The molecule has 0 radical (unpaired) electrons. The van der Waals surface area contributed by atoms with E-state index in [0.717, 1.165) is 4.31 Å². The molecule has 0 bridgehead atoms. The van der Waals surface area contributed by atoms with Gasteiger partial charge in [0.1, 0.15) is 18.3 Å². The first-order valence-electron chi connectivity index (χ1n) is 8.25. The molecular weight excluding hydrogens is 433 g/mol. The molecular formula is C18H18ClF3N2O4S. The van der Waals surface area contributed by atoms with Gasteiger partial charge >= 0.3 is 6.18 Å². The van der Waals surface area contributed by atoms with Crippen LogP contribution in [-0.2, 0) is 14.8 Å². The number of ether oxygens (including phenoxy) is 1. The van der Waals surface area contributed by atoms with E-state index in [-0.39, 0.29) is 16.3 Å². The van der Waals surface area contributed by atoms with Crippen LogP contribution in [0.3, 0.4) is 0 Å². The summed E-state index contributed by atoms with van der Waals surface area (Å²) < 4.78 is 69.9. The predicted octanol–water partition coefficient (Wildman–Crippen LogP) is 3.61. The zero-order valence-corrected chi connectivity index (χ0v) is 17.0. The average molecular weight is 451 g/mol. The van der Waals surface area contributed by atoms with Crippen molar-refractivity contribution >= 4 is 33.2 Å². The Morgan fingerprint density at radius 2 is 1.76 bits per heavy atom. The number of para-hydroxylation sites is 2. The van der Waals surface area contributed by atoms with Crippen LogP contribution in [0.5, 0.6) is 5.75 Å². The second-order valence-electron chi connectivity index (χ2n) is 5.94. The van der Waals surface area contributed by atoms with Crippen LogP contribution in [0.1, 0.15) is 6.92 Å². The number of carbonyl (C=O) groups excluding carboxylic acids is 1. The smallest absolute Gasteiger partial charge is 0.405 e. The summed E-state index contributed by atoms with van der Waals surface area (Å²) in [5, 5.41) is 2.01. The number of sulfonamides is 1. The van der Waals surface area contributed by atoms with Crippen molar-refractivity contribution in [3.8, 4) is 5.75 Å². The number of amides is 1. The number of alkyl halides is 3. The molecule has 0 heterocycles. The molecule has 0 saturated carbocycles. The predicted molar refractivity (Wildman–Crippen MR) is 103 cm³/mol. The van der Waals surface area contributed by atoms with Gasteiger partial charge in [-0.2, -0.15) is 13.2 Å². The maximum Gasteiger partial charge on any atom is 0.405 e. The Labute approximate surface area is 171 Å². The summed E-state index contributed by atoms with van der Waals surface area (Å²) in [6.45, 7) is -0.400. The van der Waals surface area contributed by atoms with E-state index in [2.05, 4.69) is 0 Å². The number of nitrogens with one attached hydrogen (secondary N) is 1. The molecule has 2 rings (SSSR count). The number of benzene rings is 2. The number of carbonyl (C=O) groups is 1. The lowest BCUT2D eigenvalue weighted by Gasteiger charge is -2.30. The molecule has 29 heavy (non-hydrogen) atoms. The Hall–Kier alpha value is -2.46. The summed E-state index contributed by atoms with van der Waals surface area (Å²) in [5.74, 6) is -0.994. The van der Waals surface area contributed by atoms with Crippen LogP contribution >= 0.6 is 11.6 Å². The van der Waals surface area contributed by atoms with Crippen LogP contribution in [0.2, 0.25) is 5.02 Å². The third kappa shape index (κ3) is 5.54. The zero-order chi connectivity index (χ0) is 21.8. The maximum absolute atomic E-state index is 13.3. The lowest BCUT2D eigenvalue weighted by atomic mass is 10.2. The van der Waals surface area contributed by atoms with Crippen LogP contribution in [0.4, 0.5) is 18.9 Å². The summed E-state index contributed by atoms with van der Waals surface area (Å²) in [5.41, 5.74) is -0.000362. The van der Waals surface area contributed by atoms with E-state index in [9.17, 15) is 26.4 Å². The number of methoxy groups -OCH3 is 1. The summed E-state index contributed by atoms with van der Waals surface area (Å²) in [4.78, 5) is 12.2. The van der Waals surface area contributed by atoms with E-state index in [1.165, 1.54) is 56.5 Å². The molecule has 1 atom stereocenters. The summed E-state index contributed by atoms with van der Waals surface area (Å²) in [7, 11) is -3.04. The third-order valence-corrected chi connectivity index (χ3v) is 6.04. The lowest BCUT2D eigenvalue weighted by Crippen LogP contribution is -2.50. The molecule has 2 aromatic carbocycles. The van der Waals surface area contributed by atoms with Crippen molar-refractivity contribution in [2.75, 3.05) is 18.0 Å². The van der Waals surface area contributed by atoms with Crippen molar-refractivity contribution in [2.24, 2.45) is 0 Å². The monoisotopic (exact) mass is 450 g/mol. The molecule has 0 aliphatic rings. The molecule has 6 nitrogen and oxygen atoms in total. The highest BCUT2D eigenvalue weighted by molar-refractivity contribution is 7.93. The van der Waals surface area contributed by atoms with Gasteiger partial charge in [0.15, 0.2) is 0 Å². The van der Waals surface area contributed by atoms with Gasteiger partial charge < -0.3 is 10.1 Å². The van der Waals surface area contributed by atoms with E-state index < -0.39 is 34.7 Å². The summed E-state index contributed by atoms with van der Waals surface area (Å²) >= 11 is 5.80. The molecule has 11 heteroatoms. The Balaban J connectivity index is 2.54. The quantitative estimate of drug-likeness (QED) is 0.699. The first kappa shape index (κ1) is 22.8. The van der Waals surface area contributed by atoms with Gasteiger partial charge in [0.25, 0.3) is 10.0 Å². The summed E-state index contributed by atoms with van der Waals surface area (Å²) in [6.07, 6.45) is -4.64. The molecule has 0 spiro atoms. The number of rotatable bonds is 7. The van der Waals surface area contributed by atoms with Crippen molar-refractivity contribution in [3.05, 3.63) is 53.6 Å². The van der Waals surface area contributed by atoms with E-state index in [1.54, 1.807) is 11.4 Å². The highest BCUT2D eigenvalue weighted by atomic mass is 35.5. The van der Waals surface area contributed by atoms with Crippen molar-refractivity contribution in [3.63, 3.8) is 0 Å². The average Bonchev–Trinajstić information content (AvgIpc) is 2.66. The Morgan fingerprint density at radius 1 is 1.17 bits per heavy atom. The molecule has 1 amide bonds. The minimum atomic E-state index is -4.64.